The van der Waals surface area contributed by atoms with Crippen molar-refractivity contribution in [2.24, 2.45) is 5.10 Å². The molecular weight excluding hydrogens is 433 g/mol. The zero-order valence-corrected chi connectivity index (χ0v) is 14.9. The van der Waals surface area contributed by atoms with Crippen molar-refractivity contribution in [3.05, 3.63) is 54.9 Å². The normalized spacial score (nSPS) is 11.0. The van der Waals surface area contributed by atoms with Crippen LogP contribution in [0.1, 0.15) is 16.1 Å². The molecule has 0 aliphatic heterocycles. The Hall–Kier alpha value is -1.41. The van der Waals surface area contributed by atoms with Gasteiger partial charge in [-0.25, -0.2) is 14.8 Å². The van der Waals surface area contributed by atoms with Crippen LogP contribution in [0.25, 0.3) is 0 Å². The van der Waals surface area contributed by atoms with Gasteiger partial charge in [-0.1, -0.05) is 50.7 Å². The number of rotatable bonds is 3. The Morgan fingerprint density at radius 3 is 2.74 bits per heavy atom. The fourth-order valence-corrected chi connectivity index (χ4v) is 2.48. The Morgan fingerprint density at radius 2 is 2.04 bits per heavy atom. The van der Waals surface area contributed by atoms with Gasteiger partial charge in [-0.2, -0.15) is 5.10 Å². The molecule has 5 nitrogen and oxygen atoms in total. The van der Waals surface area contributed by atoms with Gasteiger partial charge in [0.2, 0.25) is 0 Å². The third-order valence-electron chi connectivity index (χ3n) is 2.61. The molecule has 0 aliphatic rings. The molecule has 0 atom stereocenters. The summed E-state index contributed by atoms with van der Waals surface area (Å²) in [5.41, 5.74) is 7.63. The van der Waals surface area contributed by atoms with Crippen molar-refractivity contribution in [3.63, 3.8) is 0 Å². The summed E-state index contributed by atoms with van der Waals surface area (Å²) in [6.45, 7) is 0. The van der Waals surface area contributed by atoms with Crippen LogP contribution in [0.4, 0.5) is 10.1 Å². The van der Waals surface area contributed by atoms with E-state index >= 15 is 0 Å². The summed E-state index contributed by atoms with van der Waals surface area (Å²) in [7, 11) is 0. The number of aromatic nitrogens is 1. The van der Waals surface area contributed by atoms with E-state index in [9.17, 15) is 9.18 Å². The summed E-state index contributed by atoms with van der Waals surface area (Å²) in [6, 6.07) is 4.28. The average Bonchev–Trinajstić information content (AvgIpc) is 2.52. The van der Waals surface area contributed by atoms with E-state index in [0.29, 0.717) is 4.47 Å². The lowest BCUT2D eigenvalue weighted by molar-refractivity contribution is 0.0950. The Labute approximate surface area is 153 Å². The maximum atomic E-state index is 13.5. The lowest BCUT2D eigenvalue weighted by Gasteiger charge is -2.07. The molecule has 1 heterocycles. The van der Waals surface area contributed by atoms with Gasteiger partial charge < -0.3 is 5.73 Å². The molecule has 0 fully saturated rings. The van der Waals surface area contributed by atoms with Crippen molar-refractivity contribution >= 4 is 68.5 Å². The second kappa shape index (κ2) is 7.44. The summed E-state index contributed by atoms with van der Waals surface area (Å²) < 4.78 is 14.2. The van der Waals surface area contributed by atoms with E-state index in [0.717, 1.165) is 6.21 Å². The number of benzene rings is 1. The van der Waals surface area contributed by atoms with Gasteiger partial charge in [-0.3, -0.25) is 4.79 Å². The van der Waals surface area contributed by atoms with Crippen LogP contribution in [-0.4, -0.2) is 17.1 Å². The van der Waals surface area contributed by atoms with E-state index in [2.05, 4.69) is 31.4 Å². The number of carbonyl (C=O) groups is 1. The van der Waals surface area contributed by atoms with E-state index in [1.807, 2.05) is 0 Å². The summed E-state index contributed by atoms with van der Waals surface area (Å²) in [5.74, 6) is -1.27. The van der Waals surface area contributed by atoms with E-state index in [1.165, 1.54) is 18.2 Å². The molecule has 0 saturated heterocycles. The highest BCUT2D eigenvalue weighted by molar-refractivity contribution is 9.10. The van der Waals surface area contributed by atoms with E-state index in [1.54, 1.807) is 0 Å². The first kappa shape index (κ1) is 17.9. The number of pyridine rings is 1. The minimum absolute atomic E-state index is 0.0482. The molecule has 2 rings (SSSR count). The Balaban J connectivity index is 2.20. The highest BCUT2D eigenvalue weighted by Crippen LogP contribution is 2.34. The third-order valence-corrected chi connectivity index (χ3v) is 4.24. The second-order valence-corrected chi connectivity index (χ2v) is 6.19. The van der Waals surface area contributed by atoms with Crippen LogP contribution < -0.4 is 11.2 Å². The molecule has 0 bridgehead atoms. The smallest absolute Gasteiger partial charge is 0.291 e. The van der Waals surface area contributed by atoms with Crippen LogP contribution in [-0.2, 0) is 0 Å². The van der Waals surface area contributed by atoms with Crippen molar-refractivity contribution in [1.29, 1.82) is 0 Å². The van der Waals surface area contributed by atoms with Crippen LogP contribution in [0.2, 0.25) is 15.2 Å². The minimum atomic E-state index is -0.771. The molecule has 0 spiro atoms. The van der Waals surface area contributed by atoms with Gasteiger partial charge in [0.05, 0.1) is 16.9 Å². The minimum Gasteiger partial charge on any atom is -0.396 e. The largest absolute Gasteiger partial charge is 0.396 e. The first-order chi connectivity index (χ1) is 10.8. The number of anilines is 1. The van der Waals surface area contributed by atoms with Crippen molar-refractivity contribution in [3.8, 4) is 0 Å². The molecule has 0 radical (unpaired) electrons. The molecule has 120 valence electrons. The lowest BCUT2D eigenvalue weighted by atomic mass is 10.2. The van der Waals surface area contributed by atoms with Gasteiger partial charge in [0, 0.05) is 10.0 Å². The van der Waals surface area contributed by atoms with Crippen LogP contribution in [0.5, 0.6) is 0 Å². The number of nitrogens with zero attached hydrogens (tertiary/aromatic N) is 2. The predicted octanol–water partition coefficient (Wildman–Crippen LogP) is 4.29. The number of nitrogens with one attached hydrogen (secondary N) is 1. The second-order valence-electron chi connectivity index (χ2n) is 4.16. The first-order valence-electron chi connectivity index (χ1n) is 5.89. The third kappa shape index (κ3) is 4.11. The molecule has 1 aromatic heterocycles. The Kier molecular flexibility index (Phi) is 5.80. The number of hydrazone groups is 1. The lowest BCUT2D eigenvalue weighted by Crippen LogP contribution is -2.20. The Bertz CT molecular complexity index is 816. The zero-order valence-electron chi connectivity index (χ0n) is 11.1. The number of amides is 1. The van der Waals surface area contributed by atoms with E-state index < -0.39 is 11.7 Å². The van der Waals surface area contributed by atoms with Crippen LogP contribution in [0.15, 0.2) is 27.8 Å². The number of halogens is 5. The maximum absolute atomic E-state index is 13.5. The van der Waals surface area contributed by atoms with E-state index in [4.69, 9.17) is 40.5 Å². The monoisotopic (exact) mass is 438 g/mol. The summed E-state index contributed by atoms with van der Waals surface area (Å²) in [5, 5.41) is 3.28. The van der Waals surface area contributed by atoms with Crippen molar-refractivity contribution in [2.45, 2.75) is 0 Å². The van der Waals surface area contributed by atoms with Gasteiger partial charge in [-0.15, -0.1) is 0 Å². The number of nitrogens with two attached hydrogens (primary N) is 1. The molecular formula is C13H7BrCl3FN4O. The standard InChI is InChI=1S/C13H7BrCl3FN4O/c14-6-1-2-7(18)5(3-6)4-20-22-13(23)11-8(15)10(19)9(16)12(17)21-11/h1-4H,(H2,19,21)(H,22,23)/b20-4+. The summed E-state index contributed by atoms with van der Waals surface area (Å²) in [4.78, 5) is 15.7. The molecule has 0 aliphatic carbocycles. The molecule has 3 N–H and O–H groups in total. The van der Waals surface area contributed by atoms with Crippen LogP contribution in [0, 0.1) is 5.82 Å². The Morgan fingerprint density at radius 1 is 1.35 bits per heavy atom. The quantitative estimate of drug-likeness (QED) is 0.425. The highest BCUT2D eigenvalue weighted by Gasteiger charge is 2.19. The molecule has 10 heteroatoms. The maximum Gasteiger partial charge on any atom is 0.291 e. The zero-order chi connectivity index (χ0) is 17.1. The van der Waals surface area contributed by atoms with E-state index in [-0.39, 0.29) is 32.1 Å². The SMILES string of the molecule is Nc1c(Cl)c(Cl)nc(C(=O)N/N=C/c2cc(Br)ccc2F)c1Cl. The summed E-state index contributed by atoms with van der Waals surface area (Å²) >= 11 is 20.6. The number of hydrogen-bond acceptors (Lipinski definition) is 4. The van der Waals surface area contributed by atoms with Gasteiger partial charge in [-0.05, 0) is 18.2 Å². The predicted molar refractivity (Wildman–Crippen MR) is 92.8 cm³/mol. The highest BCUT2D eigenvalue weighted by atomic mass is 79.9. The van der Waals surface area contributed by atoms with Crippen molar-refractivity contribution < 1.29 is 9.18 Å². The molecule has 2 aromatic rings. The van der Waals surface area contributed by atoms with Crippen molar-refractivity contribution in [1.82, 2.24) is 10.4 Å². The number of nitrogen functional groups attached to an aromatic ring is 1. The van der Waals surface area contributed by atoms with Crippen LogP contribution >= 0.6 is 50.7 Å². The fraction of sp³-hybridized carbons (Fsp3) is 0. The summed E-state index contributed by atoms with van der Waals surface area (Å²) in [6.07, 6.45) is 1.13. The van der Waals surface area contributed by atoms with Gasteiger partial charge >= 0.3 is 0 Å². The van der Waals surface area contributed by atoms with Crippen molar-refractivity contribution in [2.75, 3.05) is 5.73 Å². The molecule has 1 amide bonds. The number of carbonyl (C=O) groups excluding carboxylic acids is 1. The van der Waals surface area contributed by atoms with Crippen LogP contribution in [0.3, 0.4) is 0 Å². The molecule has 0 unspecified atom stereocenters. The first-order valence-corrected chi connectivity index (χ1v) is 7.82. The average molecular weight is 440 g/mol. The molecule has 0 saturated carbocycles. The van der Waals surface area contributed by atoms with Gasteiger partial charge in [0.15, 0.2) is 10.8 Å². The number of hydrogen-bond donors (Lipinski definition) is 2. The molecule has 23 heavy (non-hydrogen) atoms. The van der Waals surface area contributed by atoms with Gasteiger partial charge in [0.1, 0.15) is 10.8 Å². The fourth-order valence-electron chi connectivity index (χ4n) is 1.51. The van der Waals surface area contributed by atoms with Gasteiger partial charge in [0.25, 0.3) is 5.91 Å². The topological polar surface area (TPSA) is 80.4 Å². The molecule has 1 aromatic carbocycles.